The molecule has 0 unspecified atom stereocenters. The van der Waals surface area contributed by atoms with E-state index in [4.69, 9.17) is 0 Å². The lowest BCUT2D eigenvalue weighted by Gasteiger charge is -2.26. The van der Waals surface area contributed by atoms with Gasteiger partial charge in [-0.1, -0.05) is 12.8 Å². The standard InChI is InChI=1S/C13H14F2O2/c1-8-10(6-9(14)7-11(8)15)13(12(16)17)4-2-3-5-13/h6-7H,2-5H2,1H3,(H,16,17). The molecule has 0 heterocycles. The van der Waals surface area contributed by atoms with Crippen molar-refractivity contribution in [1.82, 2.24) is 0 Å². The van der Waals surface area contributed by atoms with Crippen LogP contribution in [0.1, 0.15) is 36.8 Å². The molecule has 0 radical (unpaired) electrons. The van der Waals surface area contributed by atoms with Crippen molar-refractivity contribution in [3.8, 4) is 0 Å². The van der Waals surface area contributed by atoms with Gasteiger partial charge in [0.1, 0.15) is 11.6 Å². The van der Waals surface area contributed by atoms with Crippen molar-refractivity contribution in [3.05, 3.63) is 34.9 Å². The molecule has 0 amide bonds. The SMILES string of the molecule is Cc1c(F)cc(F)cc1C1(C(=O)O)CCCC1. The molecule has 1 saturated carbocycles. The van der Waals surface area contributed by atoms with E-state index in [0.29, 0.717) is 18.4 Å². The summed E-state index contributed by atoms with van der Waals surface area (Å²) in [6, 6.07) is 1.96. The molecular weight excluding hydrogens is 226 g/mol. The maximum Gasteiger partial charge on any atom is 0.314 e. The molecule has 0 atom stereocenters. The van der Waals surface area contributed by atoms with Gasteiger partial charge in [0.15, 0.2) is 0 Å². The van der Waals surface area contributed by atoms with Crippen molar-refractivity contribution < 1.29 is 18.7 Å². The lowest BCUT2D eigenvalue weighted by Crippen LogP contribution is -2.33. The van der Waals surface area contributed by atoms with Gasteiger partial charge in [0.2, 0.25) is 0 Å². The summed E-state index contributed by atoms with van der Waals surface area (Å²) in [4.78, 5) is 11.5. The van der Waals surface area contributed by atoms with Gasteiger partial charge in [0.05, 0.1) is 5.41 Å². The molecule has 0 aliphatic heterocycles. The number of carboxylic acids is 1. The highest BCUT2D eigenvalue weighted by Gasteiger charge is 2.44. The molecule has 0 saturated heterocycles. The molecule has 2 rings (SSSR count). The second-order valence-corrected chi connectivity index (χ2v) is 4.65. The van der Waals surface area contributed by atoms with E-state index in [1.807, 2.05) is 0 Å². The molecule has 1 N–H and O–H groups in total. The third-order valence-corrected chi connectivity index (χ3v) is 3.69. The van der Waals surface area contributed by atoms with Crippen molar-refractivity contribution in [2.24, 2.45) is 0 Å². The van der Waals surface area contributed by atoms with E-state index >= 15 is 0 Å². The van der Waals surface area contributed by atoms with Crippen LogP contribution in [0.4, 0.5) is 8.78 Å². The molecule has 0 spiro atoms. The first kappa shape index (κ1) is 12.0. The lowest BCUT2D eigenvalue weighted by atomic mass is 9.77. The monoisotopic (exact) mass is 240 g/mol. The Labute approximate surface area is 98.3 Å². The van der Waals surface area contributed by atoms with E-state index in [1.54, 1.807) is 0 Å². The Bertz CT molecular complexity index is 463. The number of carboxylic acid groups (broad SMARTS) is 1. The van der Waals surface area contributed by atoms with E-state index in [1.165, 1.54) is 6.92 Å². The van der Waals surface area contributed by atoms with Crippen molar-refractivity contribution in [2.75, 3.05) is 0 Å². The van der Waals surface area contributed by atoms with Crippen LogP contribution in [-0.4, -0.2) is 11.1 Å². The van der Waals surface area contributed by atoms with Crippen LogP contribution in [0, 0.1) is 18.6 Å². The van der Waals surface area contributed by atoms with Gasteiger partial charge in [-0.05, 0) is 37.0 Å². The van der Waals surface area contributed by atoms with E-state index in [9.17, 15) is 18.7 Å². The van der Waals surface area contributed by atoms with Gasteiger partial charge in [-0.3, -0.25) is 4.79 Å². The van der Waals surface area contributed by atoms with E-state index in [0.717, 1.165) is 25.0 Å². The predicted octanol–water partition coefficient (Wildman–Crippen LogP) is 3.17. The average molecular weight is 240 g/mol. The van der Waals surface area contributed by atoms with Gasteiger partial charge in [0, 0.05) is 6.07 Å². The maximum atomic E-state index is 13.5. The van der Waals surface area contributed by atoms with Crippen LogP contribution < -0.4 is 0 Å². The molecule has 1 aromatic rings. The molecule has 0 aromatic heterocycles. The summed E-state index contributed by atoms with van der Waals surface area (Å²) in [5.74, 6) is -2.37. The molecule has 1 fully saturated rings. The molecule has 1 aromatic carbocycles. The fraction of sp³-hybridized carbons (Fsp3) is 0.462. The van der Waals surface area contributed by atoms with Crippen molar-refractivity contribution >= 4 is 5.97 Å². The van der Waals surface area contributed by atoms with Gasteiger partial charge < -0.3 is 5.11 Å². The third kappa shape index (κ3) is 1.81. The summed E-state index contributed by atoms with van der Waals surface area (Å²) >= 11 is 0. The quantitative estimate of drug-likeness (QED) is 0.862. The van der Waals surface area contributed by atoms with Crippen molar-refractivity contribution in [1.29, 1.82) is 0 Å². The highest BCUT2D eigenvalue weighted by molar-refractivity contribution is 5.82. The molecule has 4 heteroatoms. The smallest absolute Gasteiger partial charge is 0.314 e. The minimum atomic E-state index is -1.10. The molecule has 2 nitrogen and oxygen atoms in total. The molecular formula is C13H14F2O2. The van der Waals surface area contributed by atoms with Crippen LogP contribution in [0.3, 0.4) is 0 Å². The molecule has 0 bridgehead atoms. The Balaban J connectivity index is 2.62. The number of hydrogen-bond donors (Lipinski definition) is 1. The molecule has 92 valence electrons. The van der Waals surface area contributed by atoms with Gasteiger partial charge in [-0.25, -0.2) is 8.78 Å². The van der Waals surface area contributed by atoms with Crippen LogP contribution in [0.15, 0.2) is 12.1 Å². The van der Waals surface area contributed by atoms with Crippen LogP contribution in [0.25, 0.3) is 0 Å². The predicted molar refractivity (Wildman–Crippen MR) is 58.9 cm³/mol. The largest absolute Gasteiger partial charge is 0.481 e. The first-order valence-corrected chi connectivity index (χ1v) is 5.67. The number of rotatable bonds is 2. The van der Waals surface area contributed by atoms with Crippen LogP contribution in [0.2, 0.25) is 0 Å². The van der Waals surface area contributed by atoms with Crippen LogP contribution >= 0.6 is 0 Å². The summed E-state index contributed by atoms with van der Waals surface area (Å²) in [6.07, 6.45) is 2.46. The summed E-state index contributed by atoms with van der Waals surface area (Å²) in [6.45, 7) is 1.51. The Morgan fingerprint density at radius 1 is 1.29 bits per heavy atom. The second kappa shape index (κ2) is 4.09. The van der Waals surface area contributed by atoms with Crippen molar-refractivity contribution in [2.45, 2.75) is 38.0 Å². The first-order valence-electron chi connectivity index (χ1n) is 5.67. The third-order valence-electron chi connectivity index (χ3n) is 3.69. The highest BCUT2D eigenvalue weighted by atomic mass is 19.1. The lowest BCUT2D eigenvalue weighted by molar-refractivity contribution is -0.143. The fourth-order valence-electron chi connectivity index (χ4n) is 2.72. The Morgan fingerprint density at radius 2 is 1.88 bits per heavy atom. The van der Waals surface area contributed by atoms with E-state index in [-0.39, 0.29) is 5.56 Å². The Morgan fingerprint density at radius 3 is 2.41 bits per heavy atom. The number of hydrogen-bond acceptors (Lipinski definition) is 1. The number of carbonyl (C=O) groups is 1. The van der Waals surface area contributed by atoms with Gasteiger partial charge in [0.25, 0.3) is 0 Å². The fourth-order valence-corrected chi connectivity index (χ4v) is 2.72. The Kier molecular flexibility index (Phi) is 2.89. The van der Waals surface area contributed by atoms with Gasteiger partial charge in [-0.2, -0.15) is 0 Å². The van der Waals surface area contributed by atoms with Crippen molar-refractivity contribution in [3.63, 3.8) is 0 Å². The minimum absolute atomic E-state index is 0.246. The van der Waals surface area contributed by atoms with Gasteiger partial charge in [-0.15, -0.1) is 0 Å². The first-order chi connectivity index (χ1) is 7.97. The van der Waals surface area contributed by atoms with Gasteiger partial charge >= 0.3 is 5.97 Å². The molecule has 17 heavy (non-hydrogen) atoms. The maximum absolute atomic E-state index is 13.5. The summed E-state index contributed by atoms with van der Waals surface area (Å²) in [7, 11) is 0. The highest BCUT2D eigenvalue weighted by Crippen LogP contribution is 2.43. The summed E-state index contributed by atoms with van der Waals surface area (Å²) in [5.41, 5.74) is -0.566. The number of benzene rings is 1. The van der Waals surface area contributed by atoms with E-state index in [2.05, 4.69) is 0 Å². The normalized spacial score (nSPS) is 18.3. The topological polar surface area (TPSA) is 37.3 Å². The van der Waals surface area contributed by atoms with Crippen LogP contribution in [0.5, 0.6) is 0 Å². The molecule has 1 aliphatic carbocycles. The Hall–Kier alpha value is -1.45. The zero-order chi connectivity index (χ0) is 12.6. The van der Waals surface area contributed by atoms with E-state index < -0.39 is 23.0 Å². The minimum Gasteiger partial charge on any atom is -0.481 e. The summed E-state index contributed by atoms with van der Waals surface area (Å²) < 4.78 is 26.8. The average Bonchev–Trinajstić information content (AvgIpc) is 2.73. The summed E-state index contributed by atoms with van der Waals surface area (Å²) in [5, 5.41) is 9.38. The molecule has 1 aliphatic rings. The van der Waals surface area contributed by atoms with Crippen LogP contribution in [-0.2, 0) is 10.2 Å². The zero-order valence-electron chi connectivity index (χ0n) is 9.59. The zero-order valence-corrected chi connectivity index (χ0v) is 9.59. The number of aliphatic carboxylic acids is 1. The number of halogens is 2. The second-order valence-electron chi connectivity index (χ2n) is 4.65.